The maximum absolute atomic E-state index is 5.12. The number of aromatic nitrogens is 2. The topological polar surface area (TPSA) is 35.0 Å². The van der Waals surface area contributed by atoms with Crippen LogP contribution in [0.1, 0.15) is 26.3 Å². The van der Waals surface area contributed by atoms with Gasteiger partial charge in [0.1, 0.15) is 6.33 Å². The minimum atomic E-state index is 0.0343. The Bertz CT molecular complexity index is 265. The van der Waals surface area contributed by atoms with Crippen LogP contribution in [0.3, 0.4) is 0 Å². The van der Waals surface area contributed by atoms with Crippen molar-refractivity contribution in [1.29, 1.82) is 0 Å². The lowest BCUT2D eigenvalue weighted by molar-refractivity contribution is 0.379. The van der Waals surface area contributed by atoms with Gasteiger partial charge in [0.25, 0.3) is 0 Å². The van der Waals surface area contributed by atoms with Crippen LogP contribution in [-0.2, 0) is 5.41 Å². The van der Waals surface area contributed by atoms with Gasteiger partial charge in [-0.15, -0.1) is 0 Å². The maximum Gasteiger partial charge on any atom is 0.219 e. The molecular formula is C9H14N2O. The van der Waals surface area contributed by atoms with E-state index in [0.717, 1.165) is 5.56 Å². The minimum Gasteiger partial charge on any atom is -0.481 e. The van der Waals surface area contributed by atoms with Gasteiger partial charge in [0.2, 0.25) is 5.88 Å². The second-order valence-corrected chi connectivity index (χ2v) is 3.70. The zero-order valence-corrected chi connectivity index (χ0v) is 7.96. The molecule has 1 aromatic rings. The number of rotatable bonds is 1. The van der Waals surface area contributed by atoms with E-state index >= 15 is 0 Å². The Morgan fingerprint density at radius 2 is 2.00 bits per heavy atom. The average molecular weight is 166 g/mol. The van der Waals surface area contributed by atoms with Crippen molar-refractivity contribution >= 4 is 0 Å². The molecule has 12 heavy (non-hydrogen) atoms. The number of ether oxygens (including phenoxy) is 1. The molecule has 66 valence electrons. The number of methoxy groups -OCH3 is 1. The van der Waals surface area contributed by atoms with Crippen molar-refractivity contribution in [2.45, 2.75) is 26.2 Å². The van der Waals surface area contributed by atoms with Crippen LogP contribution in [-0.4, -0.2) is 17.1 Å². The van der Waals surface area contributed by atoms with Gasteiger partial charge < -0.3 is 4.74 Å². The molecule has 0 spiro atoms. The highest BCUT2D eigenvalue weighted by Gasteiger charge is 2.19. The van der Waals surface area contributed by atoms with Gasteiger partial charge in [0.15, 0.2) is 0 Å². The molecular weight excluding hydrogens is 152 g/mol. The van der Waals surface area contributed by atoms with E-state index in [0.29, 0.717) is 5.88 Å². The molecule has 3 nitrogen and oxygen atoms in total. The molecule has 0 saturated heterocycles. The van der Waals surface area contributed by atoms with E-state index in [4.69, 9.17) is 4.74 Å². The predicted octanol–water partition coefficient (Wildman–Crippen LogP) is 1.78. The fourth-order valence-electron chi connectivity index (χ4n) is 0.996. The standard InChI is InChI=1S/C9H14N2O/c1-9(2,3)7-5-10-6-11-8(7)12-4/h5-6H,1-4H3. The molecule has 1 rings (SSSR count). The second kappa shape index (κ2) is 3.09. The SMILES string of the molecule is COc1ncncc1C(C)(C)C. The molecule has 0 unspecified atom stereocenters. The van der Waals surface area contributed by atoms with Crippen LogP contribution < -0.4 is 4.74 Å². The molecule has 1 aromatic heterocycles. The Kier molecular flexibility index (Phi) is 2.31. The lowest BCUT2D eigenvalue weighted by Gasteiger charge is -2.19. The first-order valence-corrected chi connectivity index (χ1v) is 3.90. The van der Waals surface area contributed by atoms with Crippen molar-refractivity contribution in [3.05, 3.63) is 18.1 Å². The summed E-state index contributed by atoms with van der Waals surface area (Å²) in [7, 11) is 1.62. The lowest BCUT2D eigenvalue weighted by atomic mass is 9.89. The van der Waals surface area contributed by atoms with Gasteiger partial charge in [-0.1, -0.05) is 20.8 Å². The lowest BCUT2D eigenvalue weighted by Crippen LogP contribution is -2.13. The third-order valence-corrected chi connectivity index (χ3v) is 1.68. The van der Waals surface area contributed by atoms with Crippen LogP contribution in [0.15, 0.2) is 12.5 Å². The summed E-state index contributed by atoms with van der Waals surface area (Å²) in [6, 6.07) is 0. The molecule has 0 N–H and O–H groups in total. The largest absolute Gasteiger partial charge is 0.481 e. The van der Waals surface area contributed by atoms with Gasteiger partial charge in [-0.05, 0) is 5.41 Å². The zero-order chi connectivity index (χ0) is 9.19. The molecule has 0 bridgehead atoms. The molecule has 0 aromatic carbocycles. The van der Waals surface area contributed by atoms with Crippen molar-refractivity contribution in [3.8, 4) is 5.88 Å². The fourth-order valence-corrected chi connectivity index (χ4v) is 0.996. The Labute approximate surface area is 72.8 Å². The highest BCUT2D eigenvalue weighted by Crippen LogP contribution is 2.27. The van der Waals surface area contributed by atoms with E-state index < -0.39 is 0 Å². The Balaban J connectivity index is 3.14. The molecule has 0 aliphatic heterocycles. The van der Waals surface area contributed by atoms with E-state index in [9.17, 15) is 0 Å². The van der Waals surface area contributed by atoms with Crippen LogP contribution in [0.5, 0.6) is 5.88 Å². The van der Waals surface area contributed by atoms with Gasteiger partial charge in [0.05, 0.1) is 7.11 Å². The monoisotopic (exact) mass is 166 g/mol. The van der Waals surface area contributed by atoms with Gasteiger partial charge in [-0.2, -0.15) is 0 Å². The highest BCUT2D eigenvalue weighted by atomic mass is 16.5. The van der Waals surface area contributed by atoms with Gasteiger partial charge in [-0.3, -0.25) is 0 Å². The van der Waals surface area contributed by atoms with Gasteiger partial charge >= 0.3 is 0 Å². The van der Waals surface area contributed by atoms with Crippen LogP contribution in [0, 0.1) is 0 Å². The third kappa shape index (κ3) is 1.72. The average Bonchev–Trinajstić information content (AvgIpc) is 2.03. The second-order valence-electron chi connectivity index (χ2n) is 3.70. The molecule has 0 radical (unpaired) electrons. The van der Waals surface area contributed by atoms with Crippen LogP contribution in [0.4, 0.5) is 0 Å². The maximum atomic E-state index is 5.12. The Morgan fingerprint density at radius 3 is 2.42 bits per heavy atom. The van der Waals surface area contributed by atoms with E-state index in [1.54, 1.807) is 13.3 Å². The number of hydrogen-bond donors (Lipinski definition) is 0. The fraction of sp³-hybridized carbons (Fsp3) is 0.556. The summed E-state index contributed by atoms with van der Waals surface area (Å²) in [5.41, 5.74) is 1.07. The van der Waals surface area contributed by atoms with E-state index in [1.807, 2.05) is 0 Å². The zero-order valence-electron chi connectivity index (χ0n) is 7.96. The first-order chi connectivity index (χ1) is 5.55. The van der Waals surface area contributed by atoms with Crippen LogP contribution in [0.25, 0.3) is 0 Å². The summed E-state index contributed by atoms with van der Waals surface area (Å²) in [4.78, 5) is 8.00. The Morgan fingerprint density at radius 1 is 1.33 bits per heavy atom. The van der Waals surface area contributed by atoms with Crippen LogP contribution >= 0.6 is 0 Å². The molecule has 0 fully saturated rings. The summed E-state index contributed by atoms with van der Waals surface area (Å²) in [6.07, 6.45) is 3.29. The first kappa shape index (κ1) is 8.97. The third-order valence-electron chi connectivity index (χ3n) is 1.68. The van der Waals surface area contributed by atoms with E-state index in [-0.39, 0.29) is 5.41 Å². The van der Waals surface area contributed by atoms with Gasteiger partial charge in [-0.25, -0.2) is 9.97 Å². The first-order valence-electron chi connectivity index (χ1n) is 3.90. The molecule has 3 heteroatoms. The summed E-state index contributed by atoms with van der Waals surface area (Å²) >= 11 is 0. The van der Waals surface area contributed by atoms with Crippen molar-refractivity contribution < 1.29 is 4.74 Å². The molecule has 0 aliphatic carbocycles. The summed E-state index contributed by atoms with van der Waals surface area (Å²) in [5.74, 6) is 0.664. The van der Waals surface area contributed by atoms with E-state index in [1.165, 1.54) is 6.33 Å². The van der Waals surface area contributed by atoms with Crippen molar-refractivity contribution in [1.82, 2.24) is 9.97 Å². The summed E-state index contributed by atoms with van der Waals surface area (Å²) < 4.78 is 5.12. The Hall–Kier alpha value is -1.12. The molecule has 0 saturated carbocycles. The molecule has 0 aliphatic rings. The van der Waals surface area contributed by atoms with Crippen molar-refractivity contribution in [2.75, 3.05) is 7.11 Å². The van der Waals surface area contributed by atoms with Crippen LogP contribution in [0.2, 0.25) is 0 Å². The summed E-state index contributed by atoms with van der Waals surface area (Å²) in [5, 5.41) is 0. The smallest absolute Gasteiger partial charge is 0.219 e. The van der Waals surface area contributed by atoms with Gasteiger partial charge in [0, 0.05) is 11.8 Å². The van der Waals surface area contributed by atoms with Crippen molar-refractivity contribution in [2.24, 2.45) is 0 Å². The predicted molar refractivity (Wildman–Crippen MR) is 47.3 cm³/mol. The minimum absolute atomic E-state index is 0.0343. The summed E-state index contributed by atoms with van der Waals surface area (Å²) in [6.45, 7) is 6.32. The van der Waals surface area contributed by atoms with Crippen molar-refractivity contribution in [3.63, 3.8) is 0 Å². The number of nitrogens with zero attached hydrogens (tertiary/aromatic N) is 2. The normalized spacial score (nSPS) is 11.3. The quantitative estimate of drug-likeness (QED) is 0.638. The highest BCUT2D eigenvalue weighted by molar-refractivity contribution is 5.29. The molecule has 1 heterocycles. The van der Waals surface area contributed by atoms with E-state index in [2.05, 4.69) is 30.7 Å². The number of hydrogen-bond acceptors (Lipinski definition) is 3. The molecule has 0 amide bonds. The molecule has 0 atom stereocenters.